The molecule has 24 heavy (non-hydrogen) atoms. The van der Waals surface area contributed by atoms with Crippen LogP contribution in [0.15, 0.2) is 41.8 Å². The number of aliphatic carboxylic acids is 1. The lowest BCUT2D eigenvalue weighted by molar-refractivity contribution is -0.138. The number of carboxylic acids is 1. The smallest absolute Gasteiger partial charge is 0.305 e. The van der Waals surface area contributed by atoms with Gasteiger partial charge in [-0.25, -0.2) is 0 Å². The monoisotopic (exact) mass is 344 g/mol. The summed E-state index contributed by atoms with van der Waals surface area (Å²) in [6.07, 6.45) is -0.996. The number of benzene rings is 1. The number of amides is 1. The molecule has 2 N–H and O–H groups in total. The zero-order chi connectivity index (χ0) is 17.5. The maximum atomic E-state index is 12.3. The molecule has 0 aliphatic heterocycles. The summed E-state index contributed by atoms with van der Waals surface area (Å²) >= 11 is 1.39. The molecule has 0 aliphatic rings. The number of nitrogens with one attached hydrogen (secondary N) is 1. The minimum atomic E-state index is -0.991. The van der Waals surface area contributed by atoms with E-state index in [2.05, 4.69) is 5.32 Å². The van der Waals surface area contributed by atoms with E-state index >= 15 is 0 Å². The van der Waals surface area contributed by atoms with Crippen LogP contribution in [0, 0.1) is 11.3 Å². The third-order valence-corrected chi connectivity index (χ3v) is 4.23. The second-order valence-electron chi connectivity index (χ2n) is 5.07. The first kappa shape index (κ1) is 17.5. The van der Waals surface area contributed by atoms with E-state index in [9.17, 15) is 9.59 Å². The van der Waals surface area contributed by atoms with Crippen molar-refractivity contribution in [2.24, 2.45) is 0 Å². The molecule has 2 rings (SSSR count). The Morgan fingerprint density at radius 3 is 2.58 bits per heavy atom. The lowest BCUT2D eigenvalue weighted by atomic mass is 10.1. The van der Waals surface area contributed by atoms with Gasteiger partial charge in [-0.1, -0.05) is 6.07 Å². The van der Waals surface area contributed by atoms with Gasteiger partial charge in [0.05, 0.1) is 24.1 Å². The molecule has 0 saturated carbocycles. The predicted molar refractivity (Wildman–Crippen MR) is 88.7 cm³/mol. The van der Waals surface area contributed by atoms with Crippen LogP contribution in [-0.2, 0) is 9.59 Å². The molecule has 1 aromatic heterocycles. The second kappa shape index (κ2) is 8.13. The molecule has 2 atom stereocenters. The minimum absolute atomic E-state index is 0.199. The fraction of sp³-hybridized carbons (Fsp3) is 0.235. The molecule has 0 radical (unpaired) electrons. The van der Waals surface area contributed by atoms with Crippen molar-refractivity contribution in [2.45, 2.75) is 25.5 Å². The maximum absolute atomic E-state index is 12.3. The van der Waals surface area contributed by atoms with E-state index in [-0.39, 0.29) is 6.42 Å². The minimum Gasteiger partial charge on any atom is -0.481 e. The molecule has 2 unspecified atom stereocenters. The van der Waals surface area contributed by atoms with Crippen LogP contribution in [-0.4, -0.2) is 23.1 Å². The fourth-order valence-electron chi connectivity index (χ4n) is 2.04. The van der Waals surface area contributed by atoms with Crippen LogP contribution in [0.1, 0.15) is 29.8 Å². The van der Waals surface area contributed by atoms with Gasteiger partial charge in [0.15, 0.2) is 6.10 Å². The number of nitrogens with zero attached hydrogens (tertiary/aromatic N) is 1. The highest BCUT2D eigenvalue weighted by Crippen LogP contribution is 2.22. The van der Waals surface area contributed by atoms with Gasteiger partial charge in [-0.05, 0) is 42.6 Å². The Hall–Kier alpha value is -2.85. The van der Waals surface area contributed by atoms with Crippen LogP contribution in [0.25, 0.3) is 0 Å². The van der Waals surface area contributed by atoms with Crippen molar-refractivity contribution in [2.75, 3.05) is 0 Å². The lowest BCUT2D eigenvalue weighted by Gasteiger charge is -2.19. The quantitative estimate of drug-likeness (QED) is 0.804. The van der Waals surface area contributed by atoms with Gasteiger partial charge >= 0.3 is 5.97 Å². The van der Waals surface area contributed by atoms with Gasteiger partial charge in [-0.15, -0.1) is 11.3 Å². The summed E-state index contributed by atoms with van der Waals surface area (Å²) in [4.78, 5) is 24.1. The number of carbonyl (C=O) groups is 2. The van der Waals surface area contributed by atoms with Gasteiger partial charge in [0.2, 0.25) is 0 Å². The number of hydrogen-bond acceptors (Lipinski definition) is 5. The Balaban J connectivity index is 2.00. The highest BCUT2D eigenvalue weighted by Gasteiger charge is 2.23. The van der Waals surface area contributed by atoms with E-state index in [1.54, 1.807) is 43.3 Å². The average Bonchev–Trinajstić information content (AvgIpc) is 3.09. The Morgan fingerprint density at radius 2 is 2.04 bits per heavy atom. The van der Waals surface area contributed by atoms with Crippen molar-refractivity contribution in [3.63, 3.8) is 0 Å². The number of carboxylic acid groups (broad SMARTS) is 1. The Labute approximate surface area is 143 Å². The van der Waals surface area contributed by atoms with Gasteiger partial charge in [-0.3, -0.25) is 9.59 Å². The molecule has 0 aliphatic carbocycles. The van der Waals surface area contributed by atoms with Crippen molar-refractivity contribution in [1.29, 1.82) is 5.26 Å². The van der Waals surface area contributed by atoms with Crippen molar-refractivity contribution < 1.29 is 19.4 Å². The Kier molecular flexibility index (Phi) is 5.93. The summed E-state index contributed by atoms with van der Waals surface area (Å²) in [5.74, 6) is -0.934. The highest BCUT2D eigenvalue weighted by atomic mass is 32.1. The number of hydrogen-bond donors (Lipinski definition) is 2. The largest absolute Gasteiger partial charge is 0.481 e. The molecule has 1 heterocycles. The topological polar surface area (TPSA) is 99.4 Å². The standard InChI is InChI=1S/C17H16N2O4S/c1-11(23-13-6-4-12(10-18)5-7-13)17(22)19-14(9-16(20)21)15-3-2-8-24-15/h2-8,11,14H,9H2,1H3,(H,19,22)(H,20,21). The Bertz CT molecular complexity index is 735. The summed E-state index contributed by atoms with van der Waals surface area (Å²) in [6, 6.07) is 11.4. The molecule has 0 fully saturated rings. The highest BCUT2D eigenvalue weighted by molar-refractivity contribution is 7.10. The third kappa shape index (κ3) is 4.83. The molecule has 1 aromatic carbocycles. The Morgan fingerprint density at radius 1 is 1.33 bits per heavy atom. The van der Waals surface area contributed by atoms with Gasteiger partial charge in [0.1, 0.15) is 5.75 Å². The third-order valence-electron chi connectivity index (χ3n) is 3.25. The fourth-order valence-corrected chi connectivity index (χ4v) is 2.82. The van der Waals surface area contributed by atoms with Gasteiger partial charge in [0.25, 0.3) is 5.91 Å². The summed E-state index contributed by atoms with van der Waals surface area (Å²) < 4.78 is 5.53. The molecule has 0 bridgehead atoms. The van der Waals surface area contributed by atoms with Crippen molar-refractivity contribution in [3.05, 3.63) is 52.2 Å². The summed E-state index contributed by atoms with van der Waals surface area (Å²) in [7, 11) is 0. The number of thiophene rings is 1. The number of ether oxygens (including phenoxy) is 1. The molecule has 0 spiro atoms. The number of rotatable bonds is 7. The van der Waals surface area contributed by atoms with Crippen molar-refractivity contribution in [1.82, 2.24) is 5.32 Å². The maximum Gasteiger partial charge on any atom is 0.305 e. The zero-order valence-electron chi connectivity index (χ0n) is 12.9. The SMILES string of the molecule is CC(Oc1ccc(C#N)cc1)C(=O)NC(CC(=O)O)c1cccs1. The van der Waals surface area contributed by atoms with E-state index in [0.29, 0.717) is 11.3 Å². The molecular formula is C17H16N2O4S. The van der Waals surface area contributed by atoms with E-state index in [1.165, 1.54) is 11.3 Å². The molecular weight excluding hydrogens is 328 g/mol. The van der Waals surface area contributed by atoms with Crippen LogP contribution in [0.2, 0.25) is 0 Å². The van der Waals surface area contributed by atoms with Gasteiger partial charge in [0, 0.05) is 4.88 Å². The first-order chi connectivity index (χ1) is 11.5. The average molecular weight is 344 g/mol. The lowest BCUT2D eigenvalue weighted by Crippen LogP contribution is -2.39. The summed E-state index contributed by atoms with van der Waals surface area (Å²) in [6.45, 7) is 1.58. The van der Waals surface area contributed by atoms with E-state index in [0.717, 1.165) is 4.88 Å². The summed E-state index contributed by atoms with van der Waals surface area (Å²) in [5.41, 5.74) is 0.499. The van der Waals surface area contributed by atoms with Crippen molar-refractivity contribution in [3.8, 4) is 11.8 Å². The summed E-state index contributed by atoms with van der Waals surface area (Å²) in [5, 5.41) is 22.3. The molecule has 2 aromatic rings. The predicted octanol–water partition coefficient (Wildman–Crippen LogP) is 2.72. The number of carbonyl (C=O) groups excluding carboxylic acids is 1. The van der Waals surface area contributed by atoms with Gasteiger partial charge < -0.3 is 15.2 Å². The van der Waals surface area contributed by atoms with E-state index in [4.69, 9.17) is 15.1 Å². The molecule has 6 nitrogen and oxygen atoms in total. The number of nitriles is 1. The van der Waals surface area contributed by atoms with E-state index in [1.807, 2.05) is 11.4 Å². The second-order valence-corrected chi connectivity index (χ2v) is 6.05. The van der Waals surface area contributed by atoms with Crippen LogP contribution < -0.4 is 10.1 Å². The molecule has 0 saturated heterocycles. The molecule has 124 valence electrons. The van der Waals surface area contributed by atoms with Crippen molar-refractivity contribution >= 4 is 23.2 Å². The first-order valence-electron chi connectivity index (χ1n) is 7.22. The molecule has 7 heteroatoms. The zero-order valence-corrected chi connectivity index (χ0v) is 13.7. The first-order valence-corrected chi connectivity index (χ1v) is 8.10. The van der Waals surface area contributed by atoms with Crippen LogP contribution in [0.5, 0.6) is 5.75 Å². The van der Waals surface area contributed by atoms with Crippen LogP contribution in [0.3, 0.4) is 0 Å². The normalized spacial score (nSPS) is 12.7. The molecule has 1 amide bonds. The van der Waals surface area contributed by atoms with E-state index < -0.39 is 24.0 Å². The van der Waals surface area contributed by atoms with Crippen LogP contribution >= 0.6 is 11.3 Å². The van der Waals surface area contributed by atoms with Gasteiger partial charge in [-0.2, -0.15) is 5.26 Å². The van der Waals surface area contributed by atoms with Crippen LogP contribution in [0.4, 0.5) is 0 Å².